The minimum absolute atomic E-state index is 0.172. The van der Waals surface area contributed by atoms with Gasteiger partial charge in [-0.1, -0.05) is 54.1 Å². The van der Waals surface area contributed by atoms with Gasteiger partial charge in [0, 0.05) is 29.4 Å². The quantitative estimate of drug-likeness (QED) is 0.314. The summed E-state index contributed by atoms with van der Waals surface area (Å²) in [4.78, 5) is 38.7. The van der Waals surface area contributed by atoms with Crippen LogP contribution in [-0.4, -0.2) is 16.5 Å². The third-order valence-electron chi connectivity index (χ3n) is 6.13. The number of carbonyl (C=O) groups is 2. The van der Waals surface area contributed by atoms with E-state index in [0.717, 1.165) is 11.1 Å². The van der Waals surface area contributed by atoms with Crippen LogP contribution in [-0.2, 0) is 24.3 Å². The molecule has 3 aromatic carbocycles. The van der Waals surface area contributed by atoms with Gasteiger partial charge >= 0.3 is 0 Å². The summed E-state index contributed by atoms with van der Waals surface area (Å²) in [6, 6.07) is 24.0. The van der Waals surface area contributed by atoms with Gasteiger partial charge in [-0.15, -0.1) is 0 Å². The van der Waals surface area contributed by atoms with Gasteiger partial charge in [-0.05, 0) is 55.3 Å². The van der Waals surface area contributed by atoms with E-state index in [-0.39, 0.29) is 18.5 Å². The second-order valence-electron chi connectivity index (χ2n) is 8.93. The predicted molar refractivity (Wildman–Crippen MR) is 147 cm³/mol. The molecule has 1 aromatic heterocycles. The van der Waals surface area contributed by atoms with Crippen LogP contribution in [0.1, 0.15) is 38.2 Å². The second-order valence-corrected chi connectivity index (χ2v) is 8.93. The molecule has 0 bridgehead atoms. The number of ether oxygens (including phenoxy) is 1. The molecule has 0 aliphatic rings. The Bertz CT molecular complexity index is 1510. The molecule has 0 saturated carbocycles. The molecule has 0 spiro atoms. The molecule has 1 heterocycles. The molecule has 0 aliphatic heterocycles. The normalized spacial score (nSPS) is 10.6. The molecule has 0 aliphatic carbocycles. The predicted octanol–water partition coefficient (Wildman–Crippen LogP) is 3.96. The fraction of sp³-hybridized carbons (Fsp3) is 0.167. The number of nitrogens with two attached hydrogens (primary N) is 1. The highest BCUT2D eigenvalue weighted by Crippen LogP contribution is 2.25. The van der Waals surface area contributed by atoms with Crippen molar-refractivity contribution in [3.63, 3.8) is 0 Å². The van der Waals surface area contributed by atoms with E-state index in [1.807, 2.05) is 67.6 Å². The van der Waals surface area contributed by atoms with Gasteiger partial charge < -0.3 is 15.9 Å². The standard InChI is InChI=1S/C30H30N4O4/c1-20-12-13-22(18-31)26(16-20)29(36)33-28(35)17-25-21(2)14-15-34(30(25)37)32-19-23-8-6-7-11-27(23)38-24-9-4-3-5-10-24/h3-16,32H,17-19,31H2,1-2H3,(H,33,35,36). The molecule has 0 atom stereocenters. The van der Waals surface area contributed by atoms with Gasteiger partial charge in [-0.25, -0.2) is 4.68 Å². The zero-order valence-electron chi connectivity index (χ0n) is 21.4. The number of aromatic nitrogens is 1. The van der Waals surface area contributed by atoms with Crippen molar-refractivity contribution in [1.82, 2.24) is 9.99 Å². The van der Waals surface area contributed by atoms with E-state index in [9.17, 15) is 14.4 Å². The van der Waals surface area contributed by atoms with Crippen LogP contribution in [0.25, 0.3) is 0 Å². The molecule has 8 nitrogen and oxygen atoms in total. The Hall–Kier alpha value is -4.69. The van der Waals surface area contributed by atoms with Crippen LogP contribution in [0.5, 0.6) is 11.5 Å². The third-order valence-corrected chi connectivity index (χ3v) is 6.13. The van der Waals surface area contributed by atoms with Crippen LogP contribution in [0.2, 0.25) is 0 Å². The maximum atomic E-state index is 13.2. The van der Waals surface area contributed by atoms with E-state index >= 15 is 0 Å². The van der Waals surface area contributed by atoms with Crippen molar-refractivity contribution in [2.45, 2.75) is 33.4 Å². The molecule has 38 heavy (non-hydrogen) atoms. The lowest BCUT2D eigenvalue weighted by Gasteiger charge is -2.15. The van der Waals surface area contributed by atoms with Gasteiger partial charge in [-0.3, -0.25) is 19.7 Å². The van der Waals surface area contributed by atoms with Crippen molar-refractivity contribution >= 4 is 11.8 Å². The fourth-order valence-corrected chi connectivity index (χ4v) is 4.02. The second kappa shape index (κ2) is 12.0. The van der Waals surface area contributed by atoms with Crippen molar-refractivity contribution in [2.75, 3.05) is 5.43 Å². The van der Waals surface area contributed by atoms with Crippen molar-refractivity contribution in [3.05, 3.63) is 129 Å². The lowest BCUT2D eigenvalue weighted by Crippen LogP contribution is -2.37. The van der Waals surface area contributed by atoms with E-state index < -0.39 is 11.8 Å². The number of imide groups is 1. The first-order valence-corrected chi connectivity index (χ1v) is 12.3. The number of hydrogen-bond acceptors (Lipinski definition) is 6. The lowest BCUT2D eigenvalue weighted by molar-refractivity contribution is -0.119. The Morgan fingerprint density at radius 2 is 1.66 bits per heavy atom. The van der Waals surface area contributed by atoms with Gasteiger partial charge in [0.2, 0.25) is 5.91 Å². The number of pyridine rings is 1. The molecule has 2 amide bonds. The first kappa shape index (κ1) is 26.4. The van der Waals surface area contributed by atoms with Crippen LogP contribution < -0.4 is 26.8 Å². The summed E-state index contributed by atoms with van der Waals surface area (Å²) >= 11 is 0. The fourth-order valence-electron chi connectivity index (χ4n) is 4.02. The van der Waals surface area contributed by atoms with Crippen molar-refractivity contribution in [2.24, 2.45) is 5.73 Å². The highest BCUT2D eigenvalue weighted by Gasteiger charge is 2.17. The van der Waals surface area contributed by atoms with E-state index in [1.165, 1.54) is 4.68 Å². The molecule has 194 valence electrons. The zero-order chi connectivity index (χ0) is 27.1. The number of nitrogens with one attached hydrogen (secondary N) is 2. The molecule has 4 N–H and O–H groups in total. The van der Waals surface area contributed by atoms with E-state index in [1.54, 1.807) is 31.3 Å². The van der Waals surface area contributed by atoms with Crippen molar-refractivity contribution in [1.29, 1.82) is 0 Å². The summed E-state index contributed by atoms with van der Waals surface area (Å²) in [5.41, 5.74) is 12.1. The number of amides is 2. The smallest absolute Gasteiger partial charge is 0.272 e. The largest absolute Gasteiger partial charge is 0.457 e. The maximum Gasteiger partial charge on any atom is 0.272 e. The number of nitrogens with zero attached hydrogens (tertiary/aromatic N) is 1. The summed E-state index contributed by atoms with van der Waals surface area (Å²) in [7, 11) is 0. The van der Waals surface area contributed by atoms with Gasteiger partial charge in [0.25, 0.3) is 11.5 Å². The molecule has 0 unspecified atom stereocenters. The van der Waals surface area contributed by atoms with E-state index in [0.29, 0.717) is 40.3 Å². The molecule has 0 fully saturated rings. The number of carbonyl (C=O) groups excluding carboxylic acids is 2. The van der Waals surface area contributed by atoms with E-state index in [4.69, 9.17) is 10.5 Å². The van der Waals surface area contributed by atoms with Crippen LogP contribution in [0.15, 0.2) is 89.9 Å². The van der Waals surface area contributed by atoms with E-state index in [2.05, 4.69) is 10.7 Å². The number of para-hydroxylation sites is 2. The number of rotatable bonds is 9. The van der Waals surface area contributed by atoms with Crippen molar-refractivity contribution < 1.29 is 14.3 Å². The minimum atomic E-state index is -0.570. The molecule has 0 saturated heterocycles. The number of hydrogen-bond donors (Lipinski definition) is 3. The summed E-state index contributed by atoms with van der Waals surface area (Å²) in [6.07, 6.45) is 1.38. The minimum Gasteiger partial charge on any atom is -0.457 e. The summed E-state index contributed by atoms with van der Waals surface area (Å²) in [5.74, 6) is 0.261. The molecule has 4 rings (SSSR count). The van der Waals surface area contributed by atoms with Gasteiger partial charge in [0.1, 0.15) is 11.5 Å². The highest BCUT2D eigenvalue weighted by molar-refractivity contribution is 6.06. The SMILES string of the molecule is Cc1ccc(CN)c(C(=O)NC(=O)Cc2c(C)ccn(NCc3ccccc3Oc3ccccc3)c2=O)c1. The summed E-state index contributed by atoms with van der Waals surface area (Å²) in [6.45, 7) is 4.09. The number of aryl methyl sites for hydroxylation is 2. The molecule has 8 heteroatoms. The third kappa shape index (κ3) is 6.35. The van der Waals surface area contributed by atoms with Crippen LogP contribution in [0.3, 0.4) is 0 Å². The average molecular weight is 511 g/mol. The van der Waals surface area contributed by atoms with Gasteiger partial charge in [-0.2, -0.15) is 0 Å². The van der Waals surface area contributed by atoms with Gasteiger partial charge in [0.05, 0.1) is 13.0 Å². The van der Waals surface area contributed by atoms with Gasteiger partial charge in [0.15, 0.2) is 0 Å². The Morgan fingerprint density at radius 1 is 0.921 bits per heavy atom. The maximum absolute atomic E-state index is 13.2. The zero-order valence-corrected chi connectivity index (χ0v) is 21.4. The number of benzene rings is 3. The van der Waals surface area contributed by atoms with Crippen LogP contribution >= 0.6 is 0 Å². The van der Waals surface area contributed by atoms with Crippen LogP contribution in [0, 0.1) is 13.8 Å². The van der Waals surface area contributed by atoms with Crippen LogP contribution in [0.4, 0.5) is 0 Å². The molecule has 4 aromatic rings. The van der Waals surface area contributed by atoms with Crippen molar-refractivity contribution in [3.8, 4) is 11.5 Å². The lowest BCUT2D eigenvalue weighted by atomic mass is 10.0. The Labute approximate surface area is 221 Å². The molecule has 0 radical (unpaired) electrons. The molecular weight excluding hydrogens is 480 g/mol. The average Bonchev–Trinajstić information content (AvgIpc) is 2.92. The Morgan fingerprint density at radius 3 is 2.42 bits per heavy atom. The monoisotopic (exact) mass is 510 g/mol. The first-order valence-electron chi connectivity index (χ1n) is 12.3. The Balaban J connectivity index is 1.47. The summed E-state index contributed by atoms with van der Waals surface area (Å²) in [5, 5.41) is 2.39. The Kier molecular flexibility index (Phi) is 8.35. The summed E-state index contributed by atoms with van der Waals surface area (Å²) < 4.78 is 7.34. The highest BCUT2D eigenvalue weighted by atomic mass is 16.5. The molecular formula is C30H30N4O4. The first-order chi connectivity index (χ1) is 18.4. The topological polar surface area (TPSA) is 115 Å².